The molecule has 0 spiro atoms. The molecule has 1 aliphatic rings. The Morgan fingerprint density at radius 3 is 2.57 bits per heavy atom. The SMILES string of the molecule is CC1(CNC(=O)c2cc(F)c(Br)c(S(N)(=O)=O)c2)CCC1. The number of halogens is 2. The van der Waals surface area contributed by atoms with E-state index in [1.165, 1.54) is 0 Å². The van der Waals surface area contributed by atoms with E-state index in [0.717, 1.165) is 31.4 Å². The van der Waals surface area contributed by atoms with Crippen molar-refractivity contribution >= 4 is 31.9 Å². The van der Waals surface area contributed by atoms with E-state index >= 15 is 0 Å². The van der Waals surface area contributed by atoms with Crippen LogP contribution in [0.15, 0.2) is 21.5 Å². The first-order chi connectivity index (χ1) is 9.62. The number of amides is 1. The topological polar surface area (TPSA) is 89.3 Å². The Morgan fingerprint density at radius 1 is 1.48 bits per heavy atom. The number of carbonyl (C=O) groups is 1. The molecular weight excluding hydrogens is 363 g/mol. The number of nitrogens with one attached hydrogen (secondary N) is 1. The Labute approximate surface area is 131 Å². The summed E-state index contributed by atoms with van der Waals surface area (Å²) in [6.45, 7) is 2.54. The zero-order chi connectivity index (χ0) is 15.8. The van der Waals surface area contributed by atoms with Crippen LogP contribution in [0.5, 0.6) is 0 Å². The molecule has 0 bridgehead atoms. The van der Waals surface area contributed by atoms with Crippen LogP contribution in [0.4, 0.5) is 4.39 Å². The van der Waals surface area contributed by atoms with E-state index in [1.54, 1.807) is 0 Å². The second kappa shape index (κ2) is 5.66. The van der Waals surface area contributed by atoms with Gasteiger partial charge in [0.05, 0.1) is 9.37 Å². The van der Waals surface area contributed by atoms with Crippen molar-refractivity contribution in [1.82, 2.24) is 5.32 Å². The molecule has 0 atom stereocenters. The van der Waals surface area contributed by atoms with E-state index in [4.69, 9.17) is 5.14 Å². The number of hydrogen-bond donors (Lipinski definition) is 2. The van der Waals surface area contributed by atoms with Gasteiger partial charge >= 0.3 is 0 Å². The first kappa shape index (κ1) is 16.4. The first-order valence-electron chi connectivity index (χ1n) is 6.42. The lowest BCUT2D eigenvalue weighted by Crippen LogP contribution is -2.40. The summed E-state index contributed by atoms with van der Waals surface area (Å²) in [5.41, 5.74) is 0.00874. The lowest BCUT2D eigenvalue weighted by molar-refractivity contribution is 0.0890. The second-order valence-electron chi connectivity index (χ2n) is 5.66. The summed E-state index contributed by atoms with van der Waals surface area (Å²) in [7, 11) is -4.12. The van der Waals surface area contributed by atoms with Crippen molar-refractivity contribution in [1.29, 1.82) is 0 Å². The number of nitrogens with two attached hydrogens (primary N) is 1. The third kappa shape index (κ3) is 3.61. The maximum Gasteiger partial charge on any atom is 0.251 e. The quantitative estimate of drug-likeness (QED) is 0.840. The van der Waals surface area contributed by atoms with Crippen LogP contribution < -0.4 is 10.5 Å². The van der Waals surface area contributed by atoms with Gasteiger partial charge in [-0.05, 0) is 46.3 Å². The van der Waals surface area contributed by atoms with Crippen molar-refractivity contribution in [2.24, 2.45) is 10.6 Å². The van der Waals surface area contributed by atoms with Gasteiger partial charge in [0.2, 0.25) is 10.0 Å². The molecular formula is C13H16BrFN2O3S. The molecule has 8 heteroatoms. The summed E-state index contributed by atoms with van der Waals surface area (Å²) in [5, 5.41) is 7.72. The molecule has 1 fully saturated rings. The minimum atomic E-state index is -4.12. The van der Waals surface area contributed by atoms with Crippen LogP contribution in [0.3, 0.4) is 0 Å². The minimum Gasteiger partial charge on any atom is -0.351 e. The van der Waals surface area contributed by atoms with Gasteiger partial charge in [0.1, 0.15) is 5.82 Å². The first-order valence-corrected chi connectivity index (χ1v) is 8.76. The molecule has 116 valence electrons. The van der Waals surface area contributed by atoms with Crippen LogP contribution in [0.2, 0.25) is 0 Å². The monoisotopic (exact) mass is 378 g/mol. The average Bonchev–Trinajstić information content (AvgIpc) is 2.35. The summed E-state index contributed by atoms with van der Waals surface area (Å²) in [6.07, 6.45) is 3.20. The summed E-state index contributed by atoms with van der Waals surface area (Å²) >= 11 is 2.82. The predicted molar refractivity (Wildman–Crippen MR) is 79.8 cm³/mol. The van der Waals surface area contributed by atoms with Gasteiger partial charge in [-0.2, -0.15) is 0 Å². The molecule has 1 amide bonds. The summed E-state index contributed by atoms with van der Waals surface area (Å²) in [6, 6.07) is 2.05. The molecule has 1 aliphatic carbocycles. The Balaban J connectivity index is 2.23. The van der Waals surface area contributed by atoms with Gasteiger partial charge in [0, 0.05) is 12.1 Å². The molecule has 21 heavy (non-hydrogen) atoms. The minimum absolute atomic E-state index is 0.0670. The Hall–Kier alpha value is -0.990. The third-order valence-electron chi connectivity index (χ3n) is 3.80. The lowest BCUT2D eigenvalue weighted by atomic mass is 9.70. The zero-order valence-electron chi connectivity index (χ0n) is 11.4. The van der Waals surface area contributed by atoms with E-state index < -0.39 is 26.6 Å². The average molecular weight is 379 g/mol. The van der Waals surface area contributed by atoms with Gasteiger partial charge in [-0.25, -0.2) is 17.9 Å². The number of carbonyl (C=O) groups excluding carboxylic acids is 1. The van der Waals surface area contributed by atoms with Crippen molar-refractivity contribution in [3.05, 3.63) is 28.0 Å². The summed E-state index contributed by atoms with van der Waals surface area (Å²) < 4.78 is 36.3. The molecule has 5 nitrogen and oxygen atoms in total. The Morgan fingerprint density at radius 2 is 2.10 bits per heavy atom. The van der Waals surface area contributed by atoms with Crippen molar-refractivity contribution < 1.29 is 17.6 Å². The summed E-state index contributed by atoms with van der Waals surface area (Å²) in [5.74, 6) is -1.36. The molecule has 0 aromatic heterocycles. The van der Waals surface area contributed by atoms with Crippen molar-refractivity contribution in [3.8, 4) is 0 Å². The van der Waals surface area contributed by atoms with Crippen molar-refractivity contribution in [2.75, 3.05) is 6.54 Å². The van der Waals surface area contributed by atoms with E-state index in [2.05, 4.69) is 28.2 Å². The van der Waals surface area contributed by atoms with Crippen molar-refractivity contribution in [2.45, 2.75) is 31.1 Å². The molecule has 1 aromatic rings. The second-order valence-corrected chi connectivity index (χ2v) is 7.98. The standard InChI is InChI=1S/C13H16BrFN2O3S/c1-13(3-2-4-13)7-17-12(18)8-5-9(15)11(14)10(6-8)21(16,19)20/h5-6H,2-4,7H2,1H3,(H,17,18)(H2,16,19,20). The van der Waals surface area contributed by atoms with Crippen LogP contribution in [0, 0.1) is 11.2 Å². The molecule has 0 saturated heterocycles. The lowest BCUT2D eigenvalue weighted by Gasteiger charge is -2.38. The molecule has 1 saturated carbocycles. The number of rotatable bonds is 4. The highest BCUT2D eigenvalue weighted by atomic mass is 79.9. The molecule has 0 heterocycles. The molecule has 3 N–H and O–H groups in total. The van der Waals surface area contributed by atoms with Gasteiger partial charge < -0.3 is 5.32 Å². The summed E-state index contributed by atoms with van der Waals surface area (Å²) in [4.78, 5) is 11.6. The maximum atomic E-state index is 13.7. The molecule has 1 aromatic carbocycles. The van der Waals surface area contributed by atoms with E-state index in [1.807, 2.05) is 0 Å². The largest absolute Gasteiger partial charge is 0.351 e. The van der Waals surface area contributed by atoms with Gasteiger partial charge in [-0.1, -0.05) is 13.3 Å². The van der Waals surface area contributed by atoms with Crippen LogP contribution in [0.1, 0.15) is 36.5 Å². The fourth-order valence-electron chi connectivity index (χ4n) is 2.25. The maximum absolute atomic E-state index is 13.7. The molecule has 0 aliphatic heterocycles. The van der Waals surface area contributed by atoms with Gasteiger partial charge in [-0.15, -0.1) is 0 Å². The molecule has 0 unspecified atom stereocenters. The fourth-order valence-corrected chi connectivity index (χ4v) is 3.80. The normalized spacial score (nSPS) is 17.1. The van der Waals surface area contributed by atoms with Crippen LogP contribution in [0.25, 0.3) is 0 Å². The number of primary sulfonamides is 1. The predicted octanol–water partition coefficient (Wildman–Crippen LogP) is 2.16. The Kier molecular flexibility index (Phi) is 4.41. The number of benzene rings is 1. The van der Waals surface area contributed by atoms with E-state index in [-0.39, 0.29) is 15.5 Å². The van der Waals surface area contributed by atoms with E-state index in [9.17, 15) is 17.6 Å². The Bertz CT molecular complexity index is 687. The van der Waals surface area contributed by atoms with Gasteiger partial charge in [0.25, 0.3) is 5.91 Å². The highest BCUT2D eigenvalue weighted by Crippen LogP contribution is 2.39. The van der Waals surface area contributed by atoms with Crippen LogP contribution in [-0.2, 0) is 10.0 Å². The number of hydrogen-bond acceptors (Lipinski definition) is 3. The van der Waals surface area contributed by atoms with E-state index in [0.29, 0.717) is 6.54 Å². The zero-order valence-corrected chi connectivity index (χ0v) is 13.9. The highest BCUT2D eigenvalue weighted by Gasteiger charge is 2.32. The highest BCUT2D eigenvalue weighted by molar-refractivity contribution is 9.10. The third-order valence-corrected chi connectivity index (χ3v) is 5.80. The molecule has 0 radical (unpaired) electrons. The van der Waals surface area contributed by atoms with Crippen LogP contribution >= 0.6 is 15.9 Å². The van der Waals surface area contributed by atoms with Crippen molar-refractivity contribution in [3.63, 3.8) is 0 Å². The number of sulfonamides is 1. The van der Waals surface area contributed by atoms with Crippen LogP contribution in [-0.4, -0.2) is 20.9 Å². The fraction of sp³-hybridized carbons (Fsp3) is 0.462. The van der Waals surface area contributed by atoms with Gasteiger partial charge in [-0.3, -0.25) is 4.79 Å². The molecule has 2 rings (SSSR count). The smallest absolute Gasteiger partial charge is 0.251 e. The van der Waals surface area contributed by atoms with Gasteiger partial charge in [0.15, 0.2) is 0 Å².